The Labute approximate surface area is 113 Å². The Morgan fingerprint density at radius 3 is 2.79 bits per heavy atom. The van der Waals surface area contributed by atoms with E-state index in [1.54, 1.807) is 24.3 Å². The standard InChI is InChI=1S/C14H20N2O3/c1-3-4-8-15-10-13(17)16-12-7-5-6-11(9-12)14(18)19-2/h5-7,9,15H,3-4,8,10H2,1-2H3,(H,16,17). The van der Waals surface area contributed by atoms with Crippen molar-refractivity contribution in [2.45, 2.75) is 19.8 Å². The van der Waals surface area contributed by atoms with Crippen LogP contribution in [0.2, 0.25) is 0 Å². The molecule has 0 aliphatic rings. The number of benzene rings is 1. The van der Waals surface area contributed by atoms with Gasteiger partial charge in [-0.15, -0.1) is 0 Å². The molecule has 2 N–H and O–H groups in total. The molecule has 0 unspecified atom stereocenters. The van der Waals surface area contributed by atoms with Gasteiger partial charge in [0.25, 0.3) is 0 Å². The number of rotatable bonds is 7. The molecular weight excluding hydrogens is 244 g/mol. The zero-order valence-corrected chi connectivity index (χ0v) is 11.4. The van der Waals surface area contributed by atoms with Crippen LogP contribution in [-0.2, 0) is 9.53 Å². The van der Waals surface area contributed by atoms with Gasteiger partial charge in [0.05, 0.1) is 19.2 Å². The Morgan fingerprint density at radius 1 is 1.32 bits per heavy atom. The quantitative estimate of drug-likeness (QED) is 0.582. The van der Waals surface area contributed by atoms with E-state index in [2.05, 4.69) is 22.3 Å². The van der Waals surface area contributed by atoms with Gasteiger partial charge in [-0.3, -0.25) is 4.79 Å². The molecule has 0 bridgehead atoms. The van der Waals surface area contributed by atoms with Gasteiger partial charge in [-0.2, -0.15) is 0 Å². The van der Waals surface area contributed by atoms with Gasteiger partial charge in [0.2, 0.25) is 5.91 Å². The van der Waals surface area contributed by atoms with E-state index in [-0.39, 0.29) is 12.5 Å². The van der Waals surface area contributed by atoms with Gasteiger partial charge < -0.3 is 15.4 Å². The highest BCUT2D eigenvalue weighted by Gasteiger charge is 2.07. The first-order valence-corrected chi connectivity index (χ1v) is 6.36. The van der Waals surface area contributed by atoms with Crippen LogP contribution in [0, 0.1) is 0 Å². The molecule has 1 rings (SSSR count). The van der Waals surface area contributed by atoms with Gasteiger partial charge >= 0.3 is 5.97 Å². The molecule has 1 aromatic rings. The van der Waals surface area contributed by atoms with Crippen molar-refractivity contribution in [3.05, 3.63) is 29.8 Å². The molecule has 5 nitrogen and oxygen atoms in total. The normalized spacial score (nSPS) is 10.0. The Balaban J connectivity index is 2.48. The molecule has 0 spiro atoms. The summed E-state index contributed by atoms with van der Waals surface area (Å²) >= 11 is 0. The van der Waals surface area contributed by atoms with Crippen molar-refractivity contribution < 1.29 is 14.3 Å². The molecule has 0 aromatic heterocycles. The highest BCUT2D eigenvalue weighted by atomic mass is 16.5. The number of esters is 1. The molecule has 104 valence electrons. The Hall–Kier alpha value is -1.88. The molecular formula is C14H20N2O3. The maximum absolute atomic E-state index is 11.6. The molecule has 0 saturated heterocycles. The van der Waals surface area contributed by atoms with Gasteiger partial charge in [0.1, 0.15) is 0 Å². The number of amides is 1. The van der Waals surface area contributed by atoms with Crippen LogP contribution in [0.25, 0.3) is 0 Å². The molecule has 5 heteroatoms. The van der Waals surface area contributed by atoms with E-state index >= 15 is 0 Å². The summed E-state index contributed by atoms with van der Waals surface area (Å²) in [5.74, 6) is -0.546. The summed E-state index contributed by atoms with van der Waals surface area (Å²) in [4.78, 5) is 23.0. The van der Waals surface area contributed by atoms with Gasteiger partial charge in [0, 0.05) is 5.69 Å². The number of anilines is 1. The molecule has 1 amide bonds. The third-order valence-corrected chi connectivity index (χ3v) is 2.56. The first-order valence-electron chi connectivity index (χ1n) is 6.36. The first kappa shape index (κ1) is 15.2. The summed E-state index contributed by atoms with van der Waals surface area (Å²) in [7, 11) is 1.32. The number of ether oxygens (including phenoxy) is 1. The van der Waals surface area contributed by atoms with Crippen molar-refractivity contribution in [3.63, 3.8) is 0 Å². The third kappa shape index (κ3) is 5.52. The fraction of sp³-hybridized carbons (Fsp3) is 0.429. The lowest BCUT2D eigenvalue weighted by atomic mass is 10.2. The van der Waals surface area contributed by atoms with E-state index in [1.807, 2.05) is 0 Å². The number of hydrogen-bond acceptors (Lipinski definition) is 4. The van der Waals surface area contributed by atoms with Gasteiger partial charge in [-0.25, -0.2) is 4.79 Å². The number of hydrogen-bond donors (Lipinski definition) is 2. The smallest absolute Gasteiger partial charge is 0.337 e. The van der Waals surface area contributed by atoms with Crippen molar-refractivity contribution in [2.75, 3.05) is 25.5 Å². The Kier molecular flexibility index (Phi) is 6.60. The van der Waals surface area contributed by atoms with E-state index in [1.165, 1.54) is 7.11 Å². The zero-order valence-electron chi connectivity index (χ0n) is 11.4. The second-order valence-electron chi connectivity index (χ2n) is 4.15. The summed E-state index contributed by atoms with van der Waals surface area (Å²) in [6.07, 6.45) is 2.14. The molecule has 1 aromatic carbocycles. The minimum absolute atomic E-state index is 0.127. The van der Waals surface area contributed by atoms with Crippen LogP contribution in [-0.4, -0.2) is 32.1 Å². The molecule has 0 aliphatic carbocycles. The van der Waals surface area contributed by atoms with Crippen LogP contribution < -0.4 is 10.6 Å². The summed E-state index contributed by atoms with van der Waals surface area (Å²) in [6, 6.07) is 6.67. The van der Waals surface area contributed by atoms with E-state index in [4.69, 9.17) is 0 Å². The van der Waals surface area contributed by atoms with E-state index < -0.39 is 5.97 Å². The number of unbranched alkanes of at least 4 members (excludes halogenated alkanes) is 1. The van der Waals surface area contributed by atoms with Crippen molar-refractivity contribution in [1.82, 2.24) is 5.32 Å². The number of nitrogens with one attached hydrogen (secondary N) is 2. The van der Waals surface area contributed by atoms with E-state index in [0.29, 0.717) is 11.3 Å². The van der Waals surface area contributed by atoms with Crippen LogP contribution in [0.5, 0.6) is 0 Å². The van der Waals surface area contributed by atoms with Crippen molar-refractivity contribution in [2.24, 2.45) is 0 Å². The van der Waals surface area contributed by atoms with E-state index in [9.17, 15) is 9.59 Å². The zero-order chi connectivity index (χ0) is 14.1. The fourth-order valence-corrected chi connectivity index (χ4v) is 1.55. The number of carbonyl (C=O) groups excluding carboxylic acids is 2. The lowest BCUT2D eigenvalue weighted by molar-refractivity contribution is -0.115. The minimum atomic E-state index is -0.419. The maximum Gasteiger partial charge on any atom is 0.337 e. The summed E-state index contributed by atoms with van der Waals surface area (Å²) in [6.45, 7) is 3.19. The minimum Gasteiger partial charge on any atom is -0.465 e. The number of methoxy groups -OCH3 is 1. The van der Waals surface area contributed by atoms with Gasteiger partial charge in [-0.1, -0.05) is 19.4 Å². The van der Waals surface area contributed by atoms with Crippen LogP contribution in [0.3, 0.4) is 0 Å². The van der Waals surface area contributed by atoms with Crippen LogP contribution >= 0.6 is 0 Å². The highest BCUT2D eigenvalue weighted by molar-refractivity contribution is 5.95. The summed E-state index contributed by atoms with van der Waals surface area (Å²) in [5.41, 5.74) is 1.00. The van der Waals surface area contributed by atoms with Crippen LogP contribution in [0.4, 0.5) is 5.69 Å². The number of carbonyl (C=O) groups is 2. The second kappa shape index (κ2) is 8.26. The summed E-state index contributed by atoms with van der Waals surface area (Å²) in [5, 5.41) is 5.78. The Bertz CT molecular complexity index is 432. The predicted molar refractivity (Wildman–Crippen MR) is 74.2 cm³/mol. The first-order chi connectivity index (χ1) is 9.17. The van der Waals surface area contributed by atoms with Crippen molar-refractivity contribution in [3.8, 4) is 0 Å². The molecule has 0 fully saturated rings. The molecule has 0 saturated carbocycles. The average Bonchev–Trinajstić information content (AvgIpc) is 2.43. The fourth-order valence-electron chi connectivity index (χ4n) is 1.55. The van der Waals surface area contributed by atoms with Crippen molar-refractivity contribution >= 4 is 17.6 Å². The van der Waals surface area contributed by atoms with Crippen molar-refractivity contribution in [1.29, 1.82) is 0 Å². The van der Waals surface area contributed by atoms with Gasteiger partial charge in [0.15, 0.2) is 0 Å². The Morgan fingerprint density at radius 2 is 2.11 bits per heavy atom. The molecule has 0 heterocycles. The maximum atomic E-state index is 11.6. The van der Waals surface area contributed by atoms with E-state index in [0.717, 1.165) is 19.4 Å². The van der Waals surface area contributed by atoms with Crippen LogP contribution in [0.15, 0.2) is 24.3 Å². The highest BCUT2D eigenvalue weighted by Crippen LogP contribution is 2.11. The molecule has 0 aliphatic heterocycles. The summed E-state index contributed by atoms with van der Waals surface area (Å²) < 4.78 is 4.62. The SMILES string of the molecule is CCCCNCC(=O)Nc1cccc(C(=O)OC)c1. The van der Waals surface area contributed by atoms with Gasteiger partial charge in [-0.05, 0) is 31.2 Å². The topological polar surface area (TPSA) is 67.4 Å². The molecule has 19 heavy (non-hydrogen) atoms. The second-order valence-corrected chi connectivity index (χ2v) is 4.15. The molecule has 0 radical (unpaired) electrons. The lowest BCUT2D eigenvalue weighted by Crippen LogP contribution is -2.28. The lowest BCUT2D eigenvalue weighted by Gasteiger charge is -2.07. The monoisotopic (exact) mass is 264 g/mol. The van der Waals surface area contributed by atoms with Crippen LogP contribution in [0.1, 0.15) is 30.1 Å². The predicted octanol–water partition coefficient (Wildman–Crippen LogP) is 1.80. The average molecular weight is 264 g/mol. The molecule has 0 atom stereocenters. The third-order valence-electron chi connectivity index (χ3n) is 2.56. The largest absolute Gasteiger partial charge is 0.465 e.